The molecule has 6 nitrogen and oxygen atoms in total. The number of hydrogen-bond acceptors (Lipinski definition) is 4. The zero-order chi connectivity index (χ0) is 21.6. The maximum atomic E-state index is 13.7. The molecular weight excluding hydrogens is 376 g/mol. The van der Waals surface area contributed by atoms with Gasteiger partial charge in [-0.2, -0.15) is 4.40 Å². The molecule has 30 heavy (non-hydrogen) atoms. The van der Waals surface area contributed by atoms with Crippen LogP contribution < -0.4 is 15.2 Å². The molecule has 3 heterocycles. The lowest BCUT2D eigenvalue weighted by atomic mass is 9.87. The van der Waals surface area contributed by atoms with Gasteiger partial charge < -0.3 is 5.11 Å². The van der Waals surface area contributed by atoms with E-state index in [9.17, 15) is 9.90 Å². The first kappa shape index (κ1) is 19.8. The fraction of sp³-hybridized carbons (Fsp3) is 0.250. The Morgan fingerprint density at radius 3 is 2.13 bits per heavy atom. The number of rotatable bonds is 3. The number of pyridine rings is 1. The van der Waals surface area contributed by atoms with Gasteiger partial charge in [0.1, 0.15) is 18.4 Å². The van der Waals surface area contributed by atoms with Crippen molar-refractivity contribution in [1.82, 2.24) is 14.4 Å². The van der Waals surface area contributed by atoms with Crippen molar-refractivity contribution in [3.8, 4) is 17.0 Å². The average Bonchev–Trinajstić information content (AvgIpc) is 2.77. The van der Waals surface area contributed by atoms with Gasteiger partial charge in [-0.3, -0.25) is 0 Å². The van der Waals surface area contributed by atoms with Crippen LogP contribution in [0.5, 0.6) is 5.88 Å². The van der Waals surface area contributed by atoms with Gasteiger partial charge in [-0.05, 0) is 74.1 Å². The lowest BCUT2D eigenvalue weighted by molar-refractivity contribution is -0.708. The van der Waals surface area contributed by atoms with Gasteiger partial charge in [0.05, 0.1) is 12.1 Å². The summed E-state index contributed by atoms with van der Waals surface area (Å²) in [5.74, 6) is -0.302. The van der Waals surface area contributed by atoms with Crippen molar-refractivity contribution in [3.05, 3.63) is 86.9 Å². The van der Waals surface area contributed by atoms with Crippen molar-refractivity contribution in [1.29, 1.82) is 0 Å². The van der Waals surface area contributed by atoms with E-state index >= 15 is 0 Å². The standard InChI is InChI=1S/C24H24N4O2/c1-14-15(2)17(4)21(18(5)16(14)3)22-23(29)27-9-7-6-8-20(27)28(24(22)30)12-19-10-25-13-26-11-19/h6-11,13H,12H2,1-5H3. The highest BCUT2D eigenvalue weighted by atomic mass is 16.3. The first-order chi connectivity index (χ1) is 14.3. The third-order valence-corrected chi connectivity index (χ3v) is 6.21. The summed E-state index contributed by atoms with van der Waals surface area (Å²) in [7, 11) is 0. The molecule has 0 radical (unpaired) electrons. The molecule has 0 atom stereocenters. The van der Waals surface area contributed by atoms with Crippen LogP contribution in [0.3, 0.4) is 0 Å². The second-order valence-corrected chi connectivity index (χ2v) is 7.75. The van der Waals surface area contributed by atoms with Gasteiger partial charge in [0, 0.05) is 24.0 Å². The van der Waals surface area contributed by atoms with Crippen molar-refractivity contribution < 1.29 is 9.67 Å². The molecule has 0 spiro atoms. The highest BCUT2D eigenvalue weighted by molar-refractivity contribution is 5.76. The van der Waals surface area contributed by atoms with Gasteiger partial charge in [0.25, 0.3) is 5.65 Å². The SMILES string of the molecule is Cc1c(C)c(C)c(-c2c([O-])[n+](Cc3cncnc3)c3ccccn3c2=O)c(C)c1C. The molecule has 0 N–H and O–H groups in total. The summed E-state index contributed by atoms with van der Waals surface area (Å²) in [4.78, 5) is 21.6. The Bertz CT molecular complexity index is 1310. The van der Waals surface area contributed by atoms with Crippen LogP contribution in [0.1, 0.15) is 33.4 Å². The second kappa shape index (κ2) is 7.37. The van der Waals surface area contributed by atoms with E-state index in [-0.39, 0.29) is 23.5 Å². The summed E-state index contributed by atoms with van der Waals surface area (Å²) >= 11 is 0. The molecule has 152 valence electrons. The lowest BCUT2D eigenvalue weighted by Gasteiger charge is -2.22. The fourth-order valence-electron chi connectivity index (χ4n) is 4.11. The highest BCUT2D eigenvalue weighted by Gasteiger charge is 2.24. The van der Waals surface area contributed by atoms with Crippen LogP contribution >= 0.6 is 0 Å². The third-order valence-electron chi connectivity index (χ3n) is 6.21. The van der Waals surface area contributed by atoms with Gasteiger partial charge in [-0.25, -0.2) is 19.3 Å². The summed E-state index contributed by atoms with van der Waals surface area (Å²) in [5, 5.41) is 13.7. The minimum absolute atomic E-state index is 0.205. The predicted molar refractivity (Wildman–Crippen MR) is 114 cm³/mol. The minimum atomic E-state index is -0.302. The van der Waals surface area contributed by atoms with Gasteiger partial charge >= 0.3 is 5.56 Å². The van der Waals surface area contributed by atoms with E-state index in [1.807, 2.05) is 33.8 Å². The van der Waals surface area contributed by atoms with Gasteiger partial charge in [-0.15, -0.1) is 0 Å². The maximum absolute atomic E-state index is 13.7. The fourth-order valence-corrected chi connectivity index (χ4v) is 4.11. The van der Waals surface area contributed by atoms with Crippen LogP contribution in [0.4, 0.5) is 0 Å². The first-order valence-electron chi connectivity index (χ1n) is 9.88. The highest BCUT2D eigenvalue weighted by Crippen LogP contribution is 2.34. The van der Waals surface area contributed by atoms with E-state index in [2.05, 4.69) is 16.9 Å². The lowest BCUT2D eigenvalue weighted by Crippen LogP contribution is -2.44. The molecule has 0 aliphatic rings. The molecule has 0 fully saturated rings. The zero-order valence-corrected chi connectivity index (χ0v) is 17.9. The average molecular weight is 400 g/mol. The molecule has 3 aromatic heterocycles. The summed E-state index contributed by atoms with van der Waals surface area (Å²) in [6, 6.07) is 5.40. The molecule has 0 unspecified atom stereocenters. The molecule has 4 rings (SSSR count). The number of fused-ring (bicyclic) bond motifs is 1. The number of benzene rings is 1. The molecule has 1 aromatic carbocycles. The van der Waals surface area contributed by atoms with E-state index < -0.39 is 0 Å². The largest absolute Gasteiger partial charge is 0.842 e. The summed E-state index contributed by atoms with van der Waals surface area (Å²) < 4.78 is 3.17. The van der Waals surface area contributed by atoms with Crippen LogP contribution in [0.25, 0.3) is 16.8 Å². The van der Waals surface area contributed by atoms with Gasteiger partial charge in [0.15, 0.2) is 0 Å². The normalized spacial score (nSPS) is 11.2. The topological polar surface area (TPSA) is 74.2 Å². The Labute approximate surface area is 175 Å². The second-order valence-electron chi connectivity index (χ2n) is 7.75. The summed E-state index contributed by atoms with van der Waals surface area (Å²) in [6.45, 7) is 10.4. The van der Waals surface area contributed by atoms with E-state index in [1.54, 1.807) is 39.7 Å². The quantitative estimate of drug-likeness (QED) is 0.496. The molecule has 0 aliphatic carbocycles. The number of hydrogen-bond donors (Lipinski definition) is 0. The van der Waals surface area contributed by atoms with Gasteiger partial charge in [-0.1, -0.05) is 6.07 Å². The van der Waals surface area contributed by atoms with Crippen LogP contribution in [-0.2, 0) is 6.54 Å². The van der Waals surface area contributed by atoms with E-state index in [0.29, 0.717) is 5.65 Å². The molecular formula is C24H24N4O2. The number of aromatic nitrogens is 4. The first-order valence-corrected chi connectivity index (χ1v) is 9.88. The van der Waals surface area contributed by atoms with Crippen LogP contribution in [0.2, 0.25) is 0 Å². The monoisotopic (exact) mass is 400 g/mol. The van der Waals surface area contributed by atoms with Crippen LogP contribution in [0, 0.1) is 34.6 Å². The van der Waals surface area contributed by atoms with Crippen molar-refractivity contribution in [3.63, 3.8) is 0 Å². The van der Waals surface area contributed by atoms with E-state index in [4.69, 9.17) is 0 Å². The molecule has 0 saturated heterocycles. The molecule has 0 saturated carbocycles. The molecule has 6 heteroatoms. The molecule has 0 aliphatic heterocycles. The van der Waals surface area contributed by atoms with Crippen LogP contribution in [-0.4, -0.2) is 14.4 Å². The summed E-state index contributed by atoms with van der Waals surface area (Å²) in [6.07, 6.45) is 6.52. The maximum Gasteiger partial charge on any atom is 0.349 e. The third kappa shape index (κ3) is 2.96. The van der Waals surface area contributed by atoms with Gasteiger partial charge in [0.2, 0.25) is 0 Å². The number of nitrogens with zero attached hydrogens (tertiary/aromatic N) is 4. The zero-order valence-electron chi connectivity index (χ0n) is 17.9. The smallest absolute Gasteiger partial charge is 0.349 e. The Morgan fingerprint density at radius 1 is 0.900 bits per heavy atom. The minimum Gasteiger partial charge on any atom is -0.842 e. The predicted octanol–water partition coefficient (Wildman–Crippen LogP) is 2.71. The van der Waals surface area contributed by atoms with E-state index in [0.717, 1.165) is 33.4 Å². The Morgan fingerprint density at radius 2 is 1.50 bits per heavy atom. The van der Waals surface area contributed by atoms with E-state index in [1.165, 1.54) is 11.9 Å². The molecule has 0 amide bonds. The molecule has 4 aromatic rings. The molecule has 0 bridgehead atoms. The van der Waals surface area contributed by atoms with Crippen molar-refractivity contribution in [2.45, 2.75) is 41.2 Å². The van der Waals surface area contributed by atoms with Crippen molar-refractivity contribution in [2.75, 3.05) is 0 Å². The Kier molecular flexibility index (Phi) is 4.86. The van der Waals surface area contributed by atoms with Crippen molar-refractivity contribution >= 4 is 5.65 Å². The Balaban J connectivity index is 2.12. The van der Waals surface area contributed by atoms with Crippen LogP contribution in [0.15, 0.2) is 47.9 Å². The van der Waals surface area contributed by atoms with Crippen molar-refractivity contribution in [2.24, 2.45) is 0 Å². The summed E-state index contributed by atoms with van der Waals surface area (Å²) in [5.41, 5.74) is 7.31. The Hall–Kier alpha value is -3.54.